The van der Waals surface area contributed by atoms with E-state index < -0.39 is 11.9 Å². The van der Waals surface area contributed by atoms with Crippen molar-refractivity contribution in [3.63, 3.8) is 0 Å². The van der Waals surface area contributed by atoms with Crippen molar-refractivity contribution in [2.45, 2.75) is 6.18 Å². The van der Waals surface area contributed by atoms with Gasteiger partial charge in [0, 0.05) is 7.05 Å². The fourth-order valence-electron chi connectivity index (χ4n) is 1.37. The van der Waals surface area contributed by atoms with Crippen molar-refractivity contribution in [3.05, 3.63) is 28.8 Å². The van der Waals surface area contributed by atoms with Crippen molar-refractivity contribution in [2.24, 2.45) is 0 Å². The van der Waals surface area contributed by atoms with Crippen LogP contribution in [-0.2, 0) is 6.18 Å². The summed E-state index contributed by atoms with van der Waals surface area (Å²) in [6.45, 7) is 0. The number of alkyl halides is 3. The second kappa shape index (κ2) is 4.85. The Bertz CT molecular complexity index is 642. The number of rotatable bonds is 2. The number of anilines is 1. The Morgan fingerprint density at radius 3 is 2.58 bits per heavy atom. The van der Waals surface area contributed by atoms with E-state index in [2.05, 4.69) is 15.3 Å². The number of nitriles is 1. The fraction of sp³-hybridized carbons (Fsp3) is 0.182. The van der Waals surface area contributed by atoms with E-state index in [1.807, 2.05) is 6.07 Å². The lowest BCUT2D eigenvalue weighted by molar-refractivity contribution is -0.141. The van der Waals surface area contributed by atoms with Crippen LogP contribution in [0, 0.1) is 11.3 Å². The molecule has 2 aromatic heterocycles. The molecule has 0 bridgehead atoms. The maximum atomic E-state index is 12.7. The maximum Gasteiger partial charge on any atom is 0.433 e. The van der Waals surface area contributed by atoms with Gasteiger partial charge in [-0.05, 0) is 18.2 Å². The molecular formula is C11H7F3N4S. The average Bonchev–Trinajstić information content (AvgIpc) is 2.86. The van der Waals surface area contributed by atoms with Crippen LogP contribution in [0.1, 0.15) is 10.6 Å². The molecule has 0 spiro atoms. The lowest BCUT2D eigenvalue weighted by Gasteiger charge is -2.09. The van der Waals surface area contributed by atoms with Gasteiger partial charge in [-0.1, -0.05) is 0 Å². The molecule has 98 valence electrons. The zero-order valence-electron chi connectivity index (χ0n) is 9.62. The van der Waals surface area contributed by atoms with Crippen LogP contribution in [0.15, 0.2) is 18.2 Å². The molecule has 0 unspecified atom stereocenters. The van der Waals surface area contributed by atoms with Crippen LogP contribution in [0.5, 0.6) is 0 Å². The predicted octanol–water partition coefficient (Wildman–Crippen LogP) is 3.14. The van der Waals surface area contributed by atoms with Gasteiger partial charge in [0.1, 0.15) is 10.9 Å². The predicted molar refractivity (Wildman–Crippen MR) is 64.6 cm³/mol. The molecule has 2 rings (SSSR count). The Kier molecular flexibility index (Phi) is 3.40. The van der Waals surface area contributed by atoms with E-state index >= 15 is 0 Å². The third kappa shape index (κ3) is 2.82. The molecule has 0 aliphatic heterocycles. The van der Waals surface area contributed by atoms with Crippen molar-refractivity contribution in [2.75, 3.05) is 12.4 Å². The van der Waals surface area contributed by atoms with E-state index in [0.717, 1.165) is 17.4 Å². The number of nitrogens with one attached hydrogen (secondary N) is 1. The number of hydrogen-bond donors (Lipinski definition) is 1. The quantitative estimate of drug-likeness (QED) is 0.920. The van der Waals surface area contributed by atoms with Gasteiger partial charge in [0.25, 0.3) is 0 Å². The second-order valence-corrected chi connectivity index (χ2v) is 4.57. The molecule has 1 N–H and O–H groups in total. The van der Waals surface area contributed by atoms with Gasteiger partial charge in [-0.15, -0.1) is 11.3 Å². The summed E-state index contributed by atoms with van der Waals surface area (Å²) in [6, 6.07) is 5.89. The first-order valence-corrected chi connectivity index (χ1v) is 5.90. The Hall–Kier alpha value is -2.14. The normalized spacial score (nSPS) is 11.1. The van der Waals surface area contributed by atoms with Gasteiger partial charge in [0.2, 0.25) is 5.95 Å². The Morgan fingerprint density at radius 1 is 1.32 bits per heavy atom. The molecule has 0 saturated carbocycles. The first kappa shape index (κ1) is 13.3. The van der Waals surface area contributed by atoms with Crippen molar-refractivity contribution in [1.29, 1.82) is 5.26 Å². The highest BCUT2D eigenvalue weighted by atomic mass is 32.1. The minimum Gasteiger partial charge on any atom is -0.357 e. The lowest BCUT2D eigenvalue weighted by Crippen LogP contribution is -2.11. The standard InChI is InChI=1S/C11H7F3N4S/c1-16-10-17-7(4-9(18-10)11(12,13)14)8-3-2-6(5-15)19-8/h2-4H,1H3,(H,16,17,18). The highest BCUT2D eigenvalue weighted by Gasteiger charge is 2.33. The lowest BCUT2D eigenvalue weighted by atomic mass is 10.2. The third-order valence-corrected chi connectivity index (χ3v) is 3.22. The van der Waals surface area contributed by atoms with Crippen LogP contribution in [0.3, 0.4) is 0 Å². The van der Waals surface area contributed by atoms with E-state index in [1.54, 1.807) is 6.07 Å². The van der Waals surface area contributed by atoms with Crippen LogP contribution < -0.4 is 5.32 Å². The van der Waals surface area contributed by atoms with Crippen LogP contribution in [0.4, 0.5) is 19.1 Å². The Labute approximate surface area is 110 Å². The molecule has 0 aliphatic rings. The van der Waals surface area contributed by atoms with E-state index in [-0.39, 0.29) is 11.6 Å². The summed E-state index contributed by atoms with van der Waals surface area (Å²) in [5.41, 5.74) is -0.882. The molecule has 0 fully saturated rings. The van der Waals surface area contributed by atoms with Gasteiger partial charge in [-0.3, -0.25) is 0 Å². The summed E-state index contributed by atoms with van der Waals surface area (Å²) in [7, 11) is 1.44. The summed E-state index contributed by atoms with van der Waals surface area (Å²) < 4.78 is 38.1. The molecule has 4 nitrogen and oxygen atoms in total. The topological polar surface area (TPSA) is 61.6 Å². The number of halogens is 3. The molecule has 0 amide bonds. The molecule has 2 aromatic rings. The van der Waals surface area contributed by atoms with Gasteiger partial charge in [-0.25, -0.2) is 9.97 Å². The molecule has 0 aliphatic carbocycles. The molecule has 0 aromatic carbocycles. The van der Waals surface area contributed by atoms with Crippen LogP contribution in [-0.4, -0.2) is 17.0 Å². The van der Waals surface area contributed by atoms with E-state index in [4.69, 9.17) is 5.26 Å². The maximum absolute atomic E-state index is 12.7. The van der Waals surface area contributed by atoms with Gasteiger partial charge < -0.3 is 5.32 Å². The molecule has 8 heteroatoms. The number of hydrogen-bond acceptors (Lipinski definition) is 5. The largest absolute Gasteiger partial charge is 0.433 e. The summed E-state index contributed by atoms with van der Waals surface area (Å²) in [6.07, 6.45) is -4.54. The molecular weight excluding hydrogens is 277 g/mol. The highest BCUT2D eigenvalue weighted by molar-refractivity contribution is 7.15. The van der Waals surface area contributed by atoms with Crippen molar-refractivity contribution in [1.82, 2.24) is 9.97 Å². The van der Waals surface area contributed by atoms with E-state index in [0.29, 0.717) is 9.75 Å². The third-order valence-electron chi connectivity index (χ3n) is 2.21. The van der Waals surface area contributed by atoms with Gasteiger partial charge in [0.05, 0.1) is 10.6 Å². The Morgan fingerprint density at radius 2 is 2.05 bits per heavy atom. The summed E-state index contributed by atoms with van der Waals surface area (Å²) in [4.78, 5) is 8.23. The average molecular weight is 284 g/mol. The smallest absolute Gasteiger partial charge is 0.357 e. The van der Waals surface area contributed by atoms with Gasteiger partial charge in [0.15, 0.2) is 5.69 Å². The molecule has 0 saturated heterocycles. The van der Waals surface area contributed by atoms with E-state index in [1.165, 1.54) is 13.1 Å². The SMILES string of the molecule is CNc1nc(-c2ccc(C#N)s2)cc(C(F)(F)F)n1. The fourth-order valence-corrected chi connectivity index (χ4v) is 2.13. The highest BCUT2D eigenvalue weighted by Crippen LogP contribution is 2.33. The van der Waals surface area contributed by atoms with Crippen molar-refractivity contribution in [3.8, 4) is 16.6 Å². The number of aromatic nitrogens is 2. The van der Waals surface area contributed by atoms with Gasteiger partial charge in [-0.2, -0.15) is 18.4 Å². The van der Waals surface area contributed by atoms with Crippen LogP contribution >= 0.6 is 11.3 Å². The van der Waals surface area contributed by atoms with Crippen LogP contribution in [0.25, 0.3) is 10.6 Å². The minimum absolute atomic E-state index is 0.114. The number of thiophene rings is 1. The summed E-state index contributed by atoms with van der Waals surface area (Å²) in [5.74, 6) is -0.114. The monoisotopic (exact) mass is 284 g/mol. The molecule has 0 atom stereocenters. The molecule has 0 radical (unpaired) electrons. The summed E-state index contributed by atoms with van der Waals surface area (Å²) in [5, 5.41) is 11.2. The second-order valence-electron chi connectivity index (χ2n) is 3.49. The van der Waals surface area contributed by atoms with Crippen molar-refractivity contribution >= 4 is 17.3 Å². The summed E-state index contributed by atoms with van der Waals surface area (Å²) >= 11 is 1.08. The van der Waals surface area contributed by atoms with Gasteiger partial charge >= 0.3 is 6.18 Å². The number of nitrogens with zero attached hydrogens (tertiary/aromatic N) is 3. The zero-order chi connectivity index (χ0) is 14.0. The molecule has 19 heavy (non-hydrogen) atoms. The zero-order valence-corrected chi connectivity index (χ0v) is 10.4. The first-order chi connectivity index (χ1) is 8.94. The van der Waals surface area contributed by atoms with Crippen LogP contribution in [0.2, 0.25) is 0 Å². The minimum atomic E-state index is -4.54. The molecule has 2 heterocycles. The van der Waals surface area contributed by atoms with Crippen molar-refractivity contribution < 1.29 is 13.2 Å². The van der Waals surface area contributed by atoms with E-state index in [9.17, 15) is 13.2 Å². The first-order valence-electron chi connectivity index (χ1n) is 5.08. The Balaban J connectivity index is 2.54.